The first-order chi connectivity index (χ1) is 19.7. The topological polar surface area (TPSA) is 66.0 Å². The molecule has 0 radical (unpaired) electrons. The maximum absolute atomic E-state index is 14.8. The van der Waals surface area contributed by atoms with Crippen molar-refractivity contribution in [2.45, 2.75) is 51.2 Å². The maximum Gasteiger partial charge on any atom is 0.573 e. The quantitative estimate of drug-likeness (QED) is 0.234. The minimum absolute atomic E-state index is 0.0384. The van der Waals surface area contributed by atoms with Gasteiger partial charge in [-0.1, -0.05) is 54.6 Å². The predicted octanol–water partition coefficient (Wildman–Crippen LogP) is 7.28. The number of benzene rings is 3. The lowest BCUT2D eigenvalue weighted by molar-refractivity contribution is -0.274. The molecule has 1 heterocycles. The number of halogens is 4. The minimum atomic E-state index is -4.95. The van der Waals surface area contributed by atoms with Gasteiger partial charge in [-0.15, -0.1) is 13.2 Å². The molecular formula is C31H30BF4NO5. The first-order valence-corrected chi connectivity index (χ1v) is 13.4. The second-order valence-corrected chi connectivity index (χ2v) is 11.2. The summed E-state index contributed by atoms with van der Waals surface area (Å²) >= 11 is 0. The number of carbonyl (C=O) groups is 1. The lowest BCUT2D eigenvalue weighted by Crippen LogP contribution is -2.41. The highest BCUT2D eigenvalue weighted by Crippen LogP contribution is 2.44. The summed E-state index contributed by atoms with van der Waals surface area (Å²) < 4.78 is 74.2. The highest BCUT2D eigenvalue weighted by Gasteiger charge is 2.52. The molecule has 0 spiro atoms. The molecule has 1 amide bonds. The molecule has 6 nitrogen and oxygen atoms in total. The number of alkyl halides is 3. The molecule has 1 aliphatic heterocycles. The van der Waals surface area contributed by atoms with Gasteiger partial charge in [0, 0.05) is 24.1 Å². The van der Waals surface area contributed by atoms with Crippen LogP contribution in [0.25, 0.3) is 17.2 Å². The average Bonchev–Trinajstić information content (AvgIpc) is 3.34. The average molecular weight is 583 g/mol. The molecule has 0 aromatic heterocycles. The number of alkyl carbamates (subject to hydrolysis) is 1. The van der Waals surface area contributed by atoms with Crippen molar-refractivity contribution < 1.29 is 41.1 Å². The van der Waals surface area contributed by atoms with Crippen LogP contribution in [0.4, 0.5) is 22.4 Å². The molecule has 2 aliphatic rings. The molecule has 1 saturated heterocycles. The van der Waals surface area contributed by atoms with Crippen molar-refractivity contribution in [3.63, 3.8) is 0 Å². The molecule has 1 aliphatic carbocycles. The van der Waals surface area contributed by atoms with Gasteiger partial charge in [-0.05, 0) is 67.6 Å². The van der Waals surface area contributed by atoms with Crippen molar-refractivity contribution in [1.29, 1.82) is 0 Å². The molecule has 42 heavy (non-hydrogen) atoms. The van der Waals surface area contributed by atoms with Gasteiger partial charge in [0.2, 0.25) is 0 Å². The summed E-state index contributed by atoms with van der Waals surface area (Å²) in [6.45, 7) is 7.33. The van der Waals surface area contributed by atoms with Crippen LogP contribution in [0.2, 0.25) is 0 Å². The molecule has 220 valence electrons. The van der Waals surface area contributed by atoms with Crippen molar-refractivity contribution >= 4 is 19.3 Å². The summed E-state index contributed by atoms with van der Waals surface area (Å²) in [6, 6.07) is 18.7. The third kappa shape index (κ3) is 6.17. The molecule has 1 fully saturated rings. The van der Waals surface area contributed by atoms with Gasteiger partial charge < -0.3 is 24.1 Å². The van der Waals surface area contributed by atoms with Gasteiger partial charge in [-0.2, -0.15) is 0 Å². The van der Waals surface area contributed by atoms with Gasteiger partial charge in [0.25, 0.3) is 0 Å². The number of carbonyl (C=O) groups excluding carboxylic acids is 1. The SMILES string of the molecule is CC1(C)OB(C(=Cc2ccc(OC(F)(F)F)cc2F)CNC(=O)OCC2c3ccccc3-c3ccccc32)OC1(C)C. The second kappa shape index (κ2) is 11.1. The smallest absolute Gasteiger partial charge is 0.449 e. The summed E-state index contributed by atoms with van der Waals surface area (Å²) in [5, 5.41) is 2.68. The number of nitrogens with one attached hydrogen (secondary N) is 1. The fourth-order valence-electron chi connectivity index (χ4n) is 5.04. The Hall–Kier alpha value is -3.83. The van der Waals surface area contributed by atoms with Crippen LogP contribution in [0, 0.1) is 5.82 Å². The van der Waals surface area contributed by atoms with Crippen LogP contribution < -0.4 is 10.1 Å². The molecule has 11 heteroatoms. The van der Waals surface area contributed by atoms with E-state index in [9.17, 15) is 22.4 Å². The van der Waals surface area contributed by atoms with Gasteiger partial charge in [0.05, 0.1) is 11.2 Å². The number of rotatable bonds is 7. The van der Waals surface area contributed by atoms with Crippen molar-refractivity contribution in [2.75, 3.05) is 13.2 Å². The van der Waals surface area contributed by atoms with E-state index in [-0.39, 0.29) is 24.6 Å². The summed E-state index contributed by atoms with van der Waals surface area (Å²) in [7, 11) is -0.964. The molecule has 5 rings (SSSR count). The maximum atomic E-state index is 14.8. The van der Waals surface area contributed by atoms with Crippen LogP contribution in [-0.2, 0) is 14.0 Å². The summed E-state index contributed by atoms with van der Waals surface area (Å²) in [6.07, 6.45) is -4.28. The molecule has 3 aromatic carbocycles. The van der Waals surface area contributed by atoms with E-state index >= 15 is 0 Å². The van der Waals surface area contributed by atoms with Crippen LogP contribution in [-0.4, -0.2) is 43.9 Å². The lowest BCUT2D eigenvalue weighted by atomic mass is 9.77. The van der Waals surface area contributed by atoms with E-state index < -0.39 is 42.3 Å². The zero-order chi connectivity index (χ0) is 30.3. The standard InChI is InChI=1S/C31H30BF4NO5/c1-29(2)30(3,4)42-32(41-29)20(15-19-13-14-21(16-27(19)33)40-31(34,35)36)17-37-28(38)39-18-26-24-11-7-5-9-22(24)23-10-6-8-12-25(23)26/h5-16,26H,17-18H2,1-4H3,(H,37,38). The van der Waals surface area contributed by atoms with E-state index in [2.05, 4.69) is 10.1 Å². The first kappa shape index (κ1) is 29.7. The van der Waals surface area contributed by atoms with Gasteiger partial charge in [0.15, 0.2) is 0 Å². The number of fused-ring (bicyclic) bond motifs is 3. The molecule has 0 unspecified atom stereocenters. The zero-order valence-electron chi connectivity index (χ0n) is 23.6. The van der Waals surface area contributed by atoms with Crippen LogP contribution >= 0.6 is 0 Å². The number of hydrogen-bond acceptors (Lipinski definition) is 5. The van der Waals surface area contributed by atoms with Crippen molar-refractivity contribution in [1.82, 2.24) is 5.32 Å². The molecule has 0 bridgehead atoms. The Bertz CT molecular complexity index is 1460. The summed E-state index contributed by atoms with van der Waals surface area (Å²) in [4.78, 5) is 12.9. The number of amides is 1. The van der Waals surface area contributed by atoms with Gasteiger partial charge >= 0.3 is 19.6 Å². The Labute approximate surface area is 241 Å². The van der Waals surface area contributed by atoms with Crippen LogP contribution in [0.15, 0.2) is 72.2 Å². The normalized spacial score (nSPS) is 17.5. The number of ether oxygens (including phenoxy) is 2. The molecule has 0 saturated carbocycles. The van der Waals surface area contributed by atoms with E-state index in [4.69, 9.17) is 14.0 Å². The van der Waals surface area contributed by atoms with Gasteiger partial charge in [-0.25, -0.2) is 9.18 Å². The second-order valence-electron chi connectivity index (χ2n) is 11.2. The van der Waals surface area contributed by atoms with E-state index in [1.165, 1.54) is 6.08 Å². The van der Waals surface area contributed by atoms with E-state index in [1.54, 1.807) is 0 Å². The monoisotopic (exact) mass is 583 g/mol. The Balaban J connectivity index is 1.32. The van der Waals surface area contributed by atoms with E-state index in [0.717, 1.165) is 34.4 Å². The van der Waals surface area contributed by atoms with Crippen LogP contribution in [0.1, 0.15) is 50.3 Å². The zero-order valence-corrected chi connectivity index (χ0v) is 23.6. The third-order valence-electron chi connectivity index (χ3n) is 7.88. The molecule has 0 atom stereocenters. The first-order valence-electron chi connectivity index (χ1n) is 13.4. The Morgan fingerprint density at radius 1 is 0.952 bits per heavy atom. The Kier molecular flexibility index (Phi) is 7.85. The highest BCUT2D eigenvalue weighted by atomic mass is 19.4. The minimum Gasteiger partial charge on any atom is -0.449 e. The number of hydrogen-bond donors (Lipinski definition) is 1. The lowest BCUT2D eigenvalue weighted by Gasteiger charge is -2.32. The van der Waals surface area contributed by atoms with Crippen molar-refractivity contribution in [3.8, 4) is 16.9 Å². The Morgan fingerprint density at radius 3 is 2.07 bits per heavy atom. The summed E-state index contributed by atoms with van der Waals surface area (Å²) in [5.41, 5.74) is 3.17. The third-order valence-corrected chi connectivity index (χ3v) is 7.88. The molecule has 1 N–H and O–H groups in total. The Morgan fingerprint density at radius 2 is 1.52 bits per heavy atom. The van der Waals surface area contributed by atoms with Gasteiger partial charge in [0.1, 0.15) is 18.2 Å². The van der Waals surface area contributed by atoms with Crippen LogP contribution in [0.3, 0.4) is 0 Å². The molecular weight excluding hydrogens is 553 g/mol. The van der Waals surface area contributed by atoms with Gasteiger partial charge in [-0.3, -0.25) is 0 Å². The van der Waals surface area contributed by atoms with Crippen LogP contribution in [0.5, 0.6) is 5.75 Å². The fraction of sp³-hybridized carbons (Fsp3) is 0.323. The van der Waals surface area contributed by atoms with Crippen molar-refractivity contribution in [3.05, 3.63) is 94.7 Å². The highest BCUT2D eigenvalue weighted by molar-refractivity contribution is 6.56. The molecule has 3 aromatic rings. The van der Waals surface area contributed by atoms with E-state index in [1.807, 2.05) is 76.2 Å². The largest absolute Gasteiger partial charge is 0.573 e. The van der Waals surface area contributed by atoms with E-state index in [0.29, 0.717) is 11.5 Å². The fourth-order valence-corrected chi connectivity index (χ4v) is 5.04. The van der Waals surface area contributed by atoms with Crippen molar-refractivity contribution in [2.24, 2.45) is 0 Å². The predicted molar refractivity (Wildman–Crippen MR) is 150 cm³/mol. The summed E-state index contributed by atoms with van der Waals surface area (Å²) in [5.74, 6) is -1.77.